The minimum absolute atomic E-state index is 0.102. The van der Waals surface area contributed by atoms with Crippen LogP contribution in [-0.2, 0) is 25.0 Å². The van der Waals surface area contributed by atoms with Gasteiger partial charge in [0, 0.05) is 5.56 Å². The van der Waals surface area contributed by atoms with Crippen LogP contribution >= 0.6 is 7.82 Å². The van der Waals surface area contributed by atoms with E-state index >= 15 is 0 Å². The normalized spacial score (nSPS) is 32.0. The molecular weight excluding hydrogens is 467 g/mol. The molecule has 2 aliphatic heterocycles. The third-order valence-corrected chi connectivity index (χ3v) is 6.29. The Morgan fingerprint density at radius 1 is 1.34 bits per heavy atom. The van der Waals surface area contributed by atoms with E-state index in [4.69, 9.17) is 18.3 Å². The summed E-state index contributed by atoms with van der Waals surface area (Å²) >= 11 is 0. The molecule has 0 bridgehead atoms. The van der Waals surface area contributed by atoms with Gasteiger partial charge in [0.1, 0.15) is 11.9 Å². The third kappa shape index (κ3) is 3.77. The molecule has 15 heteroatoms. The van der Waals surface area contributed by atoms with Crippen molar-refractivity contribution in [2.24, 2.45) is 0 Å². The molecule has 2 aliphatic rings. The number of para-hydroxylation sites is 1. The number of H-pyrrole nitrogens is 1. The number of nitrogens with one attached hydrogen (secondary N) is 1. The smallest absolute Gasteiger partial charge is 0.404 e. The van der Waals surface area contributed by atoms with Gasteiger partial charge in [-0.15, -0.1) is 0 Å². The van der Waals surface area contributed by atoms with Gasteiger partial charge in [-0.25, -0.2) is 22.5 Å². The molecule has 0 saturated carbocycles. The molecule has 3 heterocycles. The Kier molecular flexibility index (Phi) is 5.75. The maximum Gasteiger partial charge on any atom is 0.530 e. The van der Waals surface area contributed by atoms with Crippen LogP contribution in [0.2, 0.25) is 0 Å². The average molecular weight is 482 g/mol. The van der Waals surface area contributed by atoms with Crippen molar-refractivity contribution in [2.45, 2.75) is 37.1 Å². The Morgan fingerprint density at radius 2 is 2.06 bits per heavy atom. The topological polar surface area (TPSA) is 129 Å². The van der Waals surface area contributed by atoms with E-state index in [0.717, 1.165) is 0 Å². The first kappa shape index (κ1) is 22.7. The SMILES string of the molecule is O=c1[nH]c(=O)n([C@@H]2O[C@@](COP3(=O)OCc4ccccc4O3)(C(F)F)[C@H](F)[C@H]2O)cc1F. The van der Waals surface area contributed by atoms with Crippen LogP contribution in [0.5, 0.6) is 5.75 Å². The Morgan fingerprint density at radius 3 is 2.78 bits per heavy atom. The minimum Gasteiger partial charge on any atom is -0.404 e. The van der Waals surface area contributed by atoms with Crippen LogP contribution in [0.3, 0.4) is 0 Å². The third-order valence-electron chi connectivity index (χ3n) is 4.98. The zero-order chi connectivity index (χ0) is 23.3. The number of aliphatic hydroxyl groups is 1. The summed E-state index contributed by atoms with van der Waals surface area (Å²) < 4.78 is 89.1. The maximum atomic E-state index is 14.9. The summed E-state index contributed by atoms with van der Waals surface area (Å²) in [5.74, 6) is -1.40. The highest BCUT2D eigenvalue weighted by molar-refractivity contribution is 7.49. The van der Waals surface area contributed by atoms with Gasteiger partial charge in [0.15, 0.2) is 18.0 Å². The number of ether oxygens (including phenoxy) is 1. The monoisotopic (exact) mass is 482 g/mol. The molecule has 5 atom stereocenters. The highest BCUT2D eigenvalue weighted by atomic mass is 31.2. The Bertz CT molecular complexity index is 1190. The summed E-state index contributed by atoms with van der Waals surface area (Å²) in [6, 6.07) is 6.23. The summed E-state index contributed by atoms with van der Waals surface area (Å²) in [6.45, 7) is -1.66. The molecular formula is C17H15F4N2O8P. The second-order valence-electron chi connectivity index (χ2n) is 6.99. The van der Waals surface area contributed by atoms with E-state index in [-0.39, 0.29) is 23.1 Å². The number of alkyl halides is 3. The number of fused-ring (bicyclic) bond motifs is 1. The first-order chi connectivity index (χ1) is 15.1. The van der Waals surface area contributed by atoms with E-state index in [1.807, 2.05) is 0 Å². The number of rotatable bonds is 5. The van der Waals surface area contributed by atoms with Gasteiger partial charge in [0.05, 0.1) is 19.4 Å². The number of hydrogen-bond acceptors (Lipinski definition) is 8. The fourth-order valence-corrected chi connectivity index (χ4v) is 4.52. The maximum absolute atomic E-state index is 14.9. The number of aliphatic hydroxyl groups excluding tert-OH is 1. The van der Waals surface area contributed by atoms with Crippen LogP contribution in [-0.4, -0.2) is 45.6 Å². The molecule has 1 aromatic heterocycles. The van der Waals surface area contributed by atoms with Crippen molar-refractivity contribution in [3.63, 3.8) is 0 Å². The summed E-state index contributed by atoms with van der Waals surface area (Å²) in [6.07, 6.45) is -10.8. The van der Waals surface area contributed by atoms with Crippen molar-refractivity contribution < 1.29 is 45.5 Å². The second kappa shape index (κ2) is 8.12. The second-order valence-corrected chi connectivity index (χ2v) is 8.59. The number of phosphoric ester groups is 1. The number of aromatic amines is 1. The van der Waals surface area contributed by atoms with Crippen molar-refractivity contribution in [1.29, 1.82) is 0 Å². The number of nitrogens with zero attached hydrogens (tertiary/aromatic N) is 1. The van der Waals surface area contributed by atoms with Gasteiger partial charge in [-0.05, 0) is 6.07 Å². The highest BCUT2D eigenvalue weighted by Crippen LogP contribution is 2.56. The van der Waals surface area contributed by atoms with Gasteiger partial charge in [-0.1, -0.05) is 18.2 Å². The average Bonchev–Trinajstić information content (AvgIpc) is 3.01. The lowest BCUT2D eigenvalue weighted by Gasteiger charge is -2.32. The molecule has 2 aromatic rings. The van der Waals surface area contributed by atoms with E-state index < -0.39 is 62.0 Å². The van der Waals surface area contributed by atoms with Gasteiger partial charge in [-0.3, -0.25) is 23.4 Å². The Hall–Kier alpha value is -2.51. The van der Waals surface area contributed by atoms with E-state index in [1.54, 1.807) is 18.2 Å². The van der Waals surface area contributed by atoms with Crippen molar-refractivity contribution in [1.82, 2.24) is 9.55 Å². The summed E-state index contributed by atoms with van der Waals surface area (Å²) in [4.78, 5) is 24.6. The molecule has 1 saturated heterocycles. The van der Waals surface area contributed by atoms with Crippen molar-refractivity contribution in [3.05, 3.63) is 62.7 Å². The number of halogens is 4. The first-order valence-electron chi connectivity index (χ1n) is 9.02. The van der Waals surface area contributed by atoms with Crippen molar-refractivity contribution in [2.75, 3.05) is 6.61 Å². The molecule has 10 nitrogen and oxygen atoms in total. The molecule has 4 rings (SSSR count). The predicted molar refractivity (Wildman–Crippen MR) is 96.5 cm³/mol. The number of benzene rings is 1. The zero-order valence-corrected chi connectivity index (χ0v) is 16.7. The Labute approximate surface area is 175 Å². The predicted octanol–water partition coefficient (Wildman–Crippen LogP) is 1.64. The van der Waals surface area contributed by atoms with Crippen molar-refractivity contribution >= 4 is 7.82 Å². The Balaban J connectivity index is 1.60. The number of phosphoric acid groups is 1. The van der Waals surface area contributed by atoms with E-state index in [0.29, 0.717) is 5.56 Å². The van der Waals surface area contributed by atoms with Crippen LogP contribution in [0.25, 0.3) is 0 Å². The fraction of sp³-hybridized carbons (Fsp3) is 0.412. The molecule has 0 aliphatic carbocycles. The van der Waals surface area contributed by atoms with E-state index in [1.165, 1.54) is 11.1 Å². The first-order valence-corrected chi connectivity index (χ1v) is 10.5. The number of aromatic nitrogens is 2. The van der Waals surface area contributed by atoms with Crippen LogP contribution in [0.15, 0.2) is 40.1 Å². The van der Waals surface area contributed by atoms with E-state index in [2.05, 4.69) is 0 Å². The lowest BCUT2D eigenvalue weighted by Crippen LogP contribution is -2.50. The zero-order valence-electron chi connectivity index (χ0n) is 15.8. The lowest BCUT2D eigenvalue weighted by atomic mass is 9.98. The molecule has 174 valence electrons. The summed E-state index contributed by atoms with van der Waals surface area (Å²) in [7, 11) is -4.48. The van der Waals surface area contributed by atoms with Gasteiger partial charge in [0.2, 0.25) is 5.82 Å². The lowest BCUT2D eigenvalue weighted by molar-refractivity contribution is -0.185. The molecule has 32 heavy (non-hydrogen) atoms. The van der Waals surface area contributed by atoms with Gasteiger partial charge >= 0.3 is 13.5 Å². The molecule has 0 amide bonds. The van der Waals surface area contributed by atoms with Gasteiger partial charge in [-0.2, -0.15) is 4.39 Å². The highest BCUT2D eigenvalue weighted by Gasteiger charge is 2.63. The van der Waals surface area contributed by atoms with Crippen LogP contribution in [0, 0.1) is 5.82 Å². The summed E-state index contributed by atoms with van der Waals surface area (Å²) in [5, 5.41) is 10.1. The van der Waals surface area contributed by atoms with Crippen LogP contribution in [0.1, 0.15) is 11.8 Å². The van der Waals surface area contributed by atoms with Crippen LogP contribution in [0.4, 0.5) is 17.6 Å². The quantitative estimate of drug-likeness (QED) is 0.486. The van der Waals surface area contributed by atoms with Crippen molar-refractivity contribution in [3.8, 4) is 5.75 Å². The summed E-state index contributed by atoms with van der Waals surface area (Å²) in [5.41, 5.74) is -5.48. The molecule has 2 N–H and O–H groups in total. The fourth-order valence-electron chi connectivity index (χ4n) is 3.26. The number of hydrogen-bond donors (Lipinski definition) is 2. The molecule has 1 aromatic carbocycles. The van der Waals surface area contributed by atoms with Gasteiger partial charge in [0.25, 0.3) is 12.0 Å². The van der Waals surface area contributed by atoms with E-state index in [9.17, 15) is 36.8 Å². The molecule has 1 fully saturated rings. The molecule has 0 spiro atoms. The van der Waals surface area contributed by atoms with Gasteiger partial charge < -0.3 is 14.4 Å². The molecule has 0 radical (unpaired) electrons. The standard InChI is InChI=1S/C17H15F4N2O8P/c18-9-5-23(16(26)22-13(9)25)14-11(24)12(19)17(30-14,15(20)21)7-29-32(27)28-6-8-3-1-2-4-10(8)31-32/h1-5,11-12,14-15,24H,6-7H2,(H,22,25,26)/t11-,12-,14-,17-,32?/m1/s1. The molecule has 1 unspecified atom stereocenters. The van der Waals surface area contributed by atoms with Crippen LogP contribution < -0.4 is 15.8 Å². The largest absolute Gasteiger partial charge is 0.530 e. The minimum atomic E-state index is -4.48.